The Kier molecular flexibility index (Phi) is 9.25. The highest BCUT2D eigenvalue weighted by molar-refractivity contribution is 7.17. The number of hydrogen-bond acceptors (Lipinski definition) is 13. The van der Waals surface area contributed by atoms with Gasteiger partial charge in [-0.15, -0.1) is 9.24 Å². The maximum atomic E-state index is 14.7. The maximum absolute atomic E-state index is 14.7. The lowest BCUT2D eigenvalue weighted by molar-refractivity contribution is -0.346. The van der Waals surface area contributed by atoms with E-state index in [4.69, 9.17) is 29.4 Å². The minimum atomic E-state index is -2.18. The molecule has 0 aromatic carbocycles. The van der Waals surface area contributed by atoms with E-state index >= 15 is 0 Å². The largest absolute Gasteiger partial charge is 0.456 e. The van der Waals surface area contributed by atoms with Crippen LogP contribution in [0.3, 0.4) is 0 Å². The van der Waals surface area contributed by atoms with Crippen LogP contribution in [0.25, 0.3) is 0 Å². The van der Waals surface area contributed by atoms with Gasteiger partial charge in [0.25, 0.3) is 0 Å². The van der Waals surface area contributed by atoms with E-state index in [2.05, 4.69) is 9.24 Å². The number of ether oxygens (including phenoxy) is 5. The van der Waals surface area contributed by atoms with Crippen molar-refractivity contribution < 1.29 is 58.2 Å². The number of aliphatic hydroxyl groups excluding tert-OH is 2. The highest BCUT2D eigenvalue weighted by Gasteiger charge is 2.77. The first kappa shape index (κ1) is 34.9. The third kappa shape index (κ3) is 5.12. The van der Waals surface area contributed by atoms with E-state index in [0.717, 1.165) is 6.92 Å². The molecule has 2 bridgehead atoms. The summed E-state index contributed by atoms with van der Waals surface area (Å²) < 4.78 is 28.8. The number of carbonyl (C=O) groups is 4. The van der Waals surface area contributed by atoms with Gasteiger partial charge in [-0.25, -0.2) is 4.79 Å². The van der Waals surface area contributed by atoms with Gasteiger partial charge < -0.3 is 44.7 Å². The molecule has 14 heteroatoms. The van der Waals surface area contributed by atoms with Crippen LogP contribution in [0.2, 0.25) is 0 Å². The van der Waals surface area contributed by atoms with Gasteiger partial charge in [0.1, 0.15) is 17.8 Å². The summed E-state index contributed by atoms with van der Waals surface area (Å²) in [7, 11) is 2.29. The standard InChI is InChI=1S/C30H46NO12P/c1-12(2)40-21(25(31)44)26(37)42-16-10-30(38)24(36)22-28(8,17(34)9-18-29(22,11-39-18)43-15(5)33)23(35)20(41-14(4)32)19(13(16)3)27(30,6)7/h12,16-18,20-22,24-25,34,36,38H,9-11,31,44H2,1-8H3/t16?,17?,18?,20?,21-,22+,24+,25+,28?,29+,30?/m0/s1. The first-order valence-electron chi connectivity index (χ1n) is 14.9. The fourth-order valence-corrected chi connectivity index (χ4v) is 8.19. The molecule has 0 aromatic heterocycles. The van der Waals surface area contributed by atoms with Crippen LogP contribution in [0.15, 0.2) is 11.1 Å². The van der Waals surface area contributed by atoms with Crippen LogP contribution in [0, 0.1) is 16.7 Å². The van der Waals surface area contributed by atoms with Gasteiger partial charge in [0.15, 0.2) is 23.6 Å². The molecule has 248 valence electrons. The van der Waals surface area contributed by atoms with Gasteiger partial charge in [-0.1, -0.05) is 13.8 Å². The summed E-state index contributed by atoms with van der Waals surface area (Å²) in [5, 5.41) is 36.6. The number of ketones is 1. The fraction of sp³-hybridized carbons (Fsp3) is 0.800. The van der Waals surface area contributed by atoms with Crippen molar-refractivity contribution >= 4 is 32.9 Å². The summed E-state index contributed by atoms with van der Waals surface area (Å²) in [6, 6.07) is 0. The molecule has 7 unspecified atom stereocenters. The van der Waals surface area contributed by atoms with Gasteiger partial charge in [0.05, 0.1) is 36.1 Å². The molecule has 3 fully saturated rings. The number of Topliss-reactive ketones (excluding diaryl/α,β-unsaturated/α-hetero) is 1. The molecule has 13 nitrogen and oxygen atoms in total. The quantitative estimate of drug-likeness (QED) is 0.128. The number of fused-ring (bicyclic) bond motifs is 5. The Hall–Kier alpha value is -1.99. The average Bonchev–Trinajstić information content (AvgIpc) is 2.88. The van der Waals surface area contributed by atoms with Crippen molar-refractivity contribution in [1.29, 1.82) is 0 Å². The van der Waals surface area contributed by atoms with Crippen molar-refractivity contribution in [3.63, 3.8) is 0 Å². The van der Waals surface area contributed by atoms with Crippen LogP contribution in [0.5, 0.6) is 0 Å². The summed E-state index contributed by atoms with van der Waals surface area (Å²) in [6.45, 7) is 11.7. The van der Waals surface area contributed by atoms with Crippen molar-refractivity contribution in [3.8, 4) is 0 Å². The Morgan fingerprint density at radius 1 is 1.09 bits per heavy atom. The zero-order valence-corrected chi connectivity index (χ0v) is 27.6. The molecule has 4 aliphatic rings. The second kappa shape index (κ2) is 11.7. The highest BCUT2D eigenvalue weighted by atomic mass is 31.0. The summed E-state index contributed by atoms with van der Waals surface area (Å²) in [4.78, 5) is 53.1. The third-order valence-electron chi connectivity index (χ3n) is 10.2. The van der Waals surface area contributed by atoms with Gasteiger partial charge in [-0.05, 0) is 38.8 Å². The van der Waals surface area contributed by atoms with E-state index in [1.165, 1.54) is 13.8 Å². The summed E-state index contributed by atoms with van der Waals surface area (Å²) in [5.41, 5.74) is -0.676. The number of nitrogens with two attached hydrogens (primary N) is 1. The molecule has 12 atom stereocenters. The molecule has 1 aliphatic heterocycles. The third-order valence-corrected chi connectivity index (χ3v) is 10.6. The second-order valence-corrected chi connectivity index (χ2v) is 14.4. The number of hydrogen-bond donors (Lipinski definition) is 4. The monoisotopic (exact) mass is 643 g/mol. The Morgan fingerprint density at radius 3 is 2.18 bits per heavy atom. The molecule has 4 rings (SSSR count). The molecule has 5 N–H and O–H groups in total. The molecular weight excluding hydrogens is 597 g/mol. The molecule has 1 heterocycles. The van der Waals surface area contributed by atoms with E-state index in [1.807, 2.05) is 0 Å². The summed E-state index contributed by atoms with van der Waals surface area (Å²) in [5.74, 6) is -5.37. The van der Waals surface area contributed by atoms with Crippen molar-refractivity contribution in [2.75, 3.05) is 6.61 Å². The molecule has 44 heavy (non-hydrogen) atoms. The molecule has 0 radical (unpaired) electrons. The molecule has 0 spiro atoms. The molecule has 0 aromatic rings. The topological polar surface area (TPSA) is 201 Å². The molecule has 3 aliphatic carbocycles. The normalized spacial score (nSPS) is 40.8. The maximum Gasteiger partial charge on any atom is 0.337 e. The summed E-state index contributed by atoms with van der Waals surface area (Å²) >= 11 is 0. The predicted octanol–water partition coefficient (Wildman–Crippen LogP) is 0.292. The predicted molar refractivity (Wildman–Crippen MR) is 157 cm³/mol. The zero-order chi connectivity index (χ0) is 33.3. The van der Waals surface area contributed by atoms with Crippen LogP contribution < -0.4 is 5.73 Å². The highest BCUT2D eigenvalue weighted by Crippen LogP contribution is 2.63. The second-order valence-electron chi connectivity index (χ2n) is 13.6. The summed E-state index contributed by atoms with van der Waals surface area (Å²) in [6.07, 6.45) is -9.05. The zero-order valence-electron chi connectivity index (χ0n) is 26.5. The van der Waals surface area contributed by atoms with Crippen molar-refractivity contribution in [2.24, 2.45) is 22.5 Å². The van der Waals surface area contributed by atoms with Gasteiger partial charge in [0.2, 0.25) is 0 Å². The smallest absolute Gasteiger partial charge is 0.337 e. The van der Waals surface area contributed by atoms with E-state index in [9.17, 15) is 34.5 Å². The fourth-order valence-electron chi connectivity index (χ4n) is 7.94. The van der Waals surface area contributed by atoms with E-state index < -0.39 is 94.0 Å². The van der Waals surface area contributed by atoms with E-state index in [1.54, 1.807) is 34.6 Å². The Labute approximate surface area is 259 Å². The van der Waals surface area contributed by atoms with Gasteiger partial charge >= 0.3 is 17.9 Å². The number of rotatable bonds is 7. The van der Waals surface area contributed by atoms with Crippen LogP contribution >= 0.6 is 9.24 Å². The van der Waals surface area contributed by atoms with Crippen LogP contribution in [0.4, 0.5) is 0 Å². The van der Waals surface area contributed by atoms with Crippen LogP contribution in [-0.2, 0) is 42.9 Å². The van der Waals surface area contributed by atoms with Crippen LogP contribution in [0.1, 0.15) is 68.2 Å². The molecule has 0 amide bonds. The van der Waals surface area contributed by atoms with Crippen molar-refractivity contribution in [3.05, 3.63) is 11.1 Å². The number of esters is 3. The lowest BCUT2D eigenvalue weighted by Crippen LogP contribution is -2.81. The van der Waals surface area contributed by atoms with Gasteiger partial charge in [0, 0.05) is 38.0 Å². The number of carbonyl (C=O) groups excluding carboxylic acids is 4. The molecular formula is C30H46NO12P. The first-order valence-corrected chi connectivity index (χ1v) is 15.5. The van der Waals surface area contributed by atoms with Gasteiger partial charge in [-0.3, -0.25) is 14.4 Å². The van der Waals surface area contributed by atoms with Crippen LogP contribution in [-0.4, -0.2) is 105 Å². The Morgan fingerprint density at radius 2 is 1.70 bits per heavy atom. The Balaban J connectivity index is 1.96. The minimum absolute atomic E-state index is 0.113. The van der Waals surface area contributed by atoms with E-state index in [-0.39, 0.29) is 31.1 Å². The SMILES string of the molecule is CC(=O)OC1C(=O)C2(C)C(O)CC3OC[C@]3(OC(C)=O)[C@@H]2[C@@H](O)C2(O)CC(OC(=O)[C@@H](OC(C)C)[C@H](N)P)C(C)=C1C2(C)C. The Bertz CT molecular complexity index is 1250. The van der Waals surface area contributed by atoms with Gasteiger partial charge in [-0.2, -0.15) is 0 Å². The minimum Gasteiger partial charge on any atom is -0.456 e. The first-order chi connectivity index (χ1) is 20.2. The molecule has 2 saturated carbocycles. The lowest BCUT2D eigenvalue weighted by Gasteiger charge is -2.67. The average molecular weight is 644 g/mol. The van der Waals surface area contributed by atoms with E-state index in [0.29, 0.717) is 5.57 Å². The number of aliphatic hydroxyl groups is 3. The van der Waals surface area contributed by atoms with Crippen molar-refractivity contribution in [2.45, 2.75) is 128 Å². The lowest BCUT2D eigenvalue weighted by atomic mass is 9.44. The van der Waals surface area contributed by atoms with Crippen molar-refractivity contribution in [1.82, 2.24) is 0 Å². The molecule has 1 saturated heterocycles.